The van der Waals surface area contributed by atoms with Crippen LogP contribution in [0.15, 0.2) is 133 Å². The van der Waals surface area contributed by atoms with Gasteiger partial charge in [0.15, 0.2) is 5.70 Å². The number of carbonyl (C=O) groups excluding carboxylic acids is 2. The quantitative estimate of drug-likeness (QED) is 0.221. The van der Waals surface area contributed by atoms with Gasteiger partial charge in [0.05, 0.1) is 6.61 Å². The van der Waals surface area contributed by atoms with Crippen LogP contribution < -0.4 is 33.6 Å². The highest BCUT2D eigenvalue weighted by atomic mass is 35.5. The maximum atomic E-state index is 13.2. The Balaban J connectivity index is 0.00000361. The third-order valence-corrected chi connectivity index (χ3v) is 9.58. The van der Waals surface area contributed by atoms with E-state index >= 15 is 0 Å². The van der Waals surface area contributed by atoms with Crippen molar-refractivity contribution < 1.29 is 26.7 Å². The zero-order valence-corrected chi connectivity index (χ0v) is 21.5. The summed E-state index contributed by atoms with van der Waals surface area (Å²) in [7, 11) is -2.51. The fourth-order valence-electron chi connectivity index (χ4n) is 3.98. The van der Waals surface area contributed by atoms with E-state index in [2.05, 4.69) is 41.7 Å². The number of benzene rings is 4. The van der Waals surface area contributed by atoms with Gasteiger partial charge in [0.1, 0.15) is 29.0 Å². The van der Waals surface area contributed by atoms with Crippen LogP contribution in [0.25, 0.3) is 0 Å². The van der Waals surface area contributed by atoms with Gasteiger partial charge >= 0.3 is 5.97 Å². The largest absolute Gasteiger partial charge is 1.00 e. The van der Waals surface area contributed by atoms with E-state index in [1.54, 1.807) is 31.2 Å². The van der Waals surface area contributed by atoms with Crippen molar-refractivity contribution >= 4 is 35.1 Å². The van der Waals surface area contributed by atoms with Crippen molar-refractivity contribution in [2.24, 2.45) is 0 Å². The third-order valence-electron chi connectivity index (χ3n) is 5.59. The minimum absolute atomic E-state index is 0. The van der Waals surface area contributed by atoms with Crippen LogP contribution in [0.4, 0.5) is 0 Å². The number of hydrogen-bond acceptors (Lipinski definition) is 3. The van der Waals surface area contributed by atoms with Crippen molar-refractivity contribution in [3.63, 3.8) is 0 Å². The van der Waals surface area contributed by atoms with Crippen molar-refractivity contribution in [1.82, 2.24) is 5.32 Å². The van der Waals surface area contributed by atoms with E-state index < -0.39 is 13.2 Å². The predicted molar refractivity (Wildman–Crippen MR) is 144 cm³/mol. The summed E-state index contributed by atoms with van der Waals surface area (Å²) in [4.78, 5) is 26.3. The lowest BCUT2D eigenvalue weighted by Crippen LogP contribution is -3.00. The molecule has 0 aliphatic heterocycles. The lowest BCUT2D eigenvalue weighted by molar-refractivity contribution is -0.138. The molecule has 0 spiro atoms. The molecule has 0 unspecified atom stereocenters. The monoisotopic (exact) mass is 515 g/mol. The van der Waals surface area contributed by atoms with Crippen LogP contribution in [0.3, 0.4) is 0 Å². The van der Waals surface area contributed by atoms with Crippen molar-refractivity contribution in [2.75, 3.05) is 6.61 Å². The predicted octanol–water partition coefficient (Wildman–Crippen LogP) is 1.82. The van der Waals surface area contributed by atoms with Crippen molar-refractivity contribution in [2.45, 2.75) is 6.92 Å². The molecule has 182 valence electrons. The summed E-state index contributed by atoms with van der Waals surface area (Å²) >= 11 is 0. The summed E-state index contributed by atoms with van der Waals surface area (Å²) in [6.07, 6.45) is 0. The van der Waals surface area contributed by atoms with Crippen LogP contribution >= 0.6 is 7.26 Å². The lowest BCUT2D eigenvalue weighted by atomic mass is 10.2. The molecule has 6 heteroatoms. The first-order chi connectivity index (χ1) is 17.1. The molecule has 4 nitrogen and oxygen atoms in total. The maximum Gasteiger partial charge on any atom is 0.358 e. The van der Waals surface area contributed by atoms with Crippen LogP contribution in [-0.2, 0) is 9.53 Å². The lowest BCUT2D eigenvalue weighted by Gasteiger charge is -2.25. The van der Waals surface area contributed by atoms with Gasteiger partial charge in [0.25, 0.3) is 5.91 Å². The molecule has 0 heterocycles. The molecule has 1 amide bonds. The molecule has 0 aliphatic rings. The number of rotatable bonds is 8. The Morgan fingerprint density at radius 3 is 1.47 bits per heavy atom. The van der Waals surface area contributed by atoms with Crippen LogP contribution in [0.5, 0.6) is 0 Å². The first-order valence-electron chi connectivity index (χ1n) is 11.5. The molecule has 0 bridgehead atoms. The zero-order valence-electron chi connectivity index (χ0n) is 19.9. The van der Waals surface area contributed by atoms with Crippen LogP contribution in [-0.4, -0.2) is 18.5 Å². The molecule has 0 aromatic heterocycles. The summed E-state index contributed by atoms with van der Waals surface area (Å²) in [6, 6.07) is 39.2. The highest BCUT2D eigenvalue weighted by Gasteiger charge is 2.45. The average Bonchev–Trinajstić information content (AvgIpc) is 2.93. The Hall–Kier alpha value is -3.72. The molecular formula is C30H27ClNO3P. The van der Waals surface area contributed by atoms with Gasteiger partial charge in [-0.15, -0.1) is 0 Å². The second-order valence-electron chi connectivity index (χ2n) is 7.81. The van der Waals surface area contributed by atoms with E-state index in [1.165, 1.54) is 0 Å². The van der Waals surface area contributed by atoms with E-state index in [4.69, 9.17) is 4.74 Å². The first kappa shape index (κ1) is 26.9. The second kappa shape index (κ2) is 12.8. The number of esters is 1. The molecule has 4 rings (SSSR count). The van der Waals surface area contributed by atoms with Crippen LogP contribution in [0.2, 0.25) is 0 Å². The molecule has 4 aromatic rings. The van der Waals surface area contributed by atoms with Gasteiger partial charge in [-0.1, -0.05) is 72.8 Å². The molecule has 0 saturated heterocycles. The van der Waals surface area contributed by atoms with Crippen LogP contribution in [0, 0.1) is 0 Å². The third kappa shape index (κ3) is 5.91. The molecule has 0 fully saturated rings. The Bertz CT molecular complexity index is 1200. The number of halogens is 1. The van der Waals surface area contributed by atoms with Crippen molar-refractivity contribution in [1.29, 1.82) is 0 Å². The summed E-state index contributed by atoms with van der Waals surface area (Å²) in [5.74, 6) is 0.993. The van der Waals surface area contributed by atoms with E-state index in [9.17, 15) is 9.59 Å². The highest BCUT2D eigenvalue weighted by Crippen LogP contribution is 2.57. The molecule has 0 aliphatic carbocycles. The Labute approximate surface area is 218 Å². The highest BCUT2D eigenvalue weighted by molar-refractivity contribution is 7.98. The van der Waals surface area contributed by atoms with Crippen molar-refractivity contribution in [3.8, 4) is 0 Å². The fraction of sp³-hybridized carbons (Fsp3) is 0.0667. The molecule has 36 heavy (non-hydrogen) atoms. The molecule has 0 saturated carbocycles. The number of nitrogens with one attached hydrogen (secondary N) is 1. The van der Waals surface area contributed by atoms with E-state index in [0.717, 1.165) is 15.9 Å². The summed E-state index contributed by atoms with van der Waals surface area (Å²) in [5.41, 5.74) is 0.594. The molecule has 1 N–H and O–H groups in total. The molecule has 0 atom stereocenters. The summed E-state index contributed by atoms with van der Waals surface area (Å²) in [5, 5.41) is 6.05. The number of hydrogen-bond donors (Lipinski definition) is 1. The fourth-order valence-corrected chi connectivity index (χ4v) is 7.81. The normalized spacial score (nSPS) is 11.2. The van der Waals surface area contributed by atoms with Gasteiger partial charge in [-0.2, -0.15) is 0 Å². The number of carbonyl (C=O) groups is 2. The van der Waals surface area contributed by atoms with Crippen molar-refractivity contribution in [3.05, 3.63) is 138 Å². The molecule has 4 aromatic carbocycles. The van der Waals surface area contributed by atoms with Gasteiger partial charge in [-0.25, -0.2) is 4.79 Å². The number of amides is 1. The summed E-state index contributed by atoms with van der Waals surface area (Å²) in [6.45, 7) is 1.95. The average molecular weight is 516 g/mol. The Kier molecular flexibility index (Phi) is 9.58. The van der Waals surface area contributed by atoms with E-state index in [1.807, 2.05) is 66.5 Å². The van der Waals surface area contributed by atoms with Gasteiger partial charge < -0.3 is 22.5 Å². The topological polar surface area (TPSA) is 55.4 Å². The standard InChI is InChI=1S/C30H26NO3P.ClH/c1-2-34-30(33)28(31-29(32)24-15-7-3-8-16-24)23-35(25-17-9-4-10-18-25,26-19-11-5-12-20-26)27-21-13-6-14-22-27;/h3-23H,2H2,1H3;1H/b28-23+;. The Morgan fingerprint density at radius 1 is 0.694 bits per heavy atom. The summed E-state index contributed by atoms with van der Waals surface area (Å²) < 4.78 is 5.39. The van der Waals surface area contributed by atoms with Gasteiger partial charge in [-0.05, 0) is 55.5 Å². The van der Waals surface area contributed by atoms with Gasteiger partial charge in [0.2, 0.25) is 0 Å². The number of ether oxygens (including phenoxy) is 1. The minimum Gasteiger partial charge on any atom is -1.00 e. The molecule has 0 radical (unpaired) electrons. The van der Waals surface area contributed by atoms with E-state index in [-0.39, 0.29) is 30.6 Å². The van der Waals surface area contributed by atoms with E-state index in [0.29, 0.717) is 5.56 Å². The smallest absolute Gasteiger partial charge is 0.358 e. The minimum atomic E-state index is -2.51. The zero-order chi connectivity index (χ0) is 24.5. The van der Waals surface area contributed by atoms with Crippen LogP contribution in [0.1, 0.15) is 17.3 Å². The maximum absolute atomic E-state index is 13.2. The Morgan fingerprint density at radius 2 is 1.08 bits per heavy atom. The van der Waals surface area contributed by atoms with Gasteiger partial charge in [-0.3, -0.25) is 4.79 Å². The first-order valence-corrected chi connectivity index (χ1v) is 13.3. The van der Waals surface area contributed by atoms with Gasteiger partial charge in [0, 0.05) is 5.56 Å². The SMILES string of the molecule is CCOC(=O)/C(=C\[P+](c1ccccc1)(c1ccccc1)c1ccccc1)NC(=O)c1ccccc1.[Cl-]. The second-order valence-corrected chi connectivity index (χ2v) is 11.1. The molecular weight excluding hydrogens is 489 g/mol.